The van der Waals surface area contributed by atoms with Crippen LogP contribution in [0.1, 0.15) is 44.5 Å². The van der Waals surface area contributed by atoms with Gasteiger partial charge in [-0.3, -0.25) is 19.9 Å². The topological polar surface area (TPSA) is 242 Å². The molecule has 21 aromatic carbocycles. The number of hydrogen-bond acceptors (Lipinski definition) is 12. The number of pyridine rings is 2. The zero-order valence-corrected chi connectivity index (χ0v) is 63.4. The van der Waals surface area contributed by atoms with E-state index in [1.807, 2.05) is 109 Å². The SMILES string of the molecule is N#Cc1cc2c(cc1C#N)c1c3ccccc3c3ccccc3c1c1cccnc21.N#Cc1cc2c(cc1C#N)c1c3ccccc3c3ccccc3c1c1nccnc21.N#Cc1cc2c3ccccc3c3c4ccccc4c4ccccc4c3c2cc1C#N.N#Cc1cc2c3cccnc3c3c4ccccc4c4ccccc4c3c2cc1C#N. The second-order valence-corrected chi connectivity index (χ2v) is 29.6. The average Bonchev–Trinajstić information content (AvgIpc) is 0.723. The lowest BCUT2D eigenvalue weighted by molar-refractivity contribution is 1.31. The summed E-state index contributed by atoms with van der Waals surface area (Å²) in [6, 6.07) is 116. The molecule has 3 heterocycles. The standard InChI is InChI=1S/C28H14N2.2C27H13N3.C26H12N4/c29-15-17-13-25-21-9-3-6-12-24(21)27-22-10-4-1-7-19(22)20-8-2-5-11-23(20)28(27)26(25)14-18(17)16-30;28-14-16-12-23-24(13-17(16)15-29)27-22(10-5-11-30-27)25-20-8-3-1-6-18(20)19-7-2-4-9-21(19)26(23)25;28-14-16-12-23-22-10-5-11-30-27(22)26-21-9-4-2-7-19(21)18-6-1-3-8-20(18)25(26)24(23)13-17(16)15-29;27-13-15-11-21-22(12-16(15)14-28)25-26(30-10-9-29-25)24-20-8-4-2-6-18(20)17-5-1-3-7-19(17)23(21)24/h1-14H;2*1-13H;1-12H. The van der Waals surface area contributed by atoms with Gasteiger partial charge in [-0.15, -0.1) is 0 Å². The summed E-state index contributed by atoms with van der Waals surface area (Å²) in [5, 5.41) is 116. The van der Waals surface area contributed by atoms with E-state index in [4.69, 9.17) is 9.97 Å². The highest BCUT2D eigenvalue weighted by molar-refractivity contribution is 6.43. The van der Waals surface area contributed by atoms with Crippen LogP contribution in [0.2, 0.25) is 0 Å². The first-order valence-corrected chi connectivity index (χ1v) is 38.8. The minimum absolute atomic E-state index is 0.349. The Morgan fingerprint density at radius 3 is 0.633 bits per heavy atom. The van der Waals surface area contributed by atoms with Crippen LogP contribution in [-0.4, -0.2) is 19.9 Å². The first-order chi connectivity index (χ1) is 59.3. The quantitative estimate of drug-likeness (QED) is 0.129. The van der Waals surface area contributed by atoms with E-state index in [0.717, 1.165) is 173 Å². The number of aromatic nitrogens is 4. The largest absolute Gasteiger partial charge is 0.256 e. The molecule has 24 aromatic rings. The van der Waals surface area contributed by atoms with Gasteiger partial charge in [0.25, 0.3) is 0 Å². The third-order valence-corrected chi connectivity index (χ3v) is 23.7. The van der Waals surface area contributed by atoms with Gasteiger partial charge < -0.3 is 0 Å². The molecule has 0 spiro atoms. The lowest BCUT2D eigenvalue weighted by Crippen LogP contribution is -1.93. The predicted molar refractivity (Wildman–Crippen MR) is 485 cm³/mol. The molecular formula is C108H52N12. The normalized spacial score (nSPS) is 11.3. The first kappa shape index (κ1) is 70.0. The lowest BCUT2D eigenvalue weighted by Gasteiger charge is -2.16. The van der Waals surface area contributed by atoms with Crippen molar-refractivity contribution in [3.63, 3.8) is 0 Å². The maximum atomic E-state index is 9.68. The fourth-order valence-corrected chi connectivity index (χ4v) is 18.8. The van der Waals surface area contributed by atoms with Gasteiger partial charge >= 0.3 is 0 Å². The summed E-state index contributed by atoms with van der Waals surface area (Å²) in [4.78, 5) is 18.8. The van der Waals surface area contributed by atoms with Crippen LogP contribution in [0.5, 0.6) is 0 Å². The second kappa shape index (κ2) is 28.0. The van der Waals surface area contributed by atoms with Crippen LogP contribution >= 0.6 is 0 Å². The summed E-state index contributed by atoms with van der Waals surface area (Å²) >= 11 is 0. The lowest BCUT2D eigenvalue weighted by atomic mass is 9.86. The van der Waals surface area contributed by atoms with Gasteiger partial charge in [-0.2, -0.15) is 42.1 Å². The molecule has 3 aromatic heterocycles. The van der Waals surface area contributed by atoms with Crippen molar-refractivity contribution < 1.29 is 0 Å². The molecule has 0 fully saturated rings. The number of benzene rings is 21. The Morgan fingerprint density at radius 1 is 0.133 bits per heavy atom. The summed E-state index contributed by atoms with van der Waals surface area (Å²) in [7, 11) is 0. The van der Waals surface area contributed by atoms with Crippen LogP contribution in [0.15, 0.2) is 316 Å². The van der Waals surface area contributed by atoms with Gasteiger partial charge in [0.2, 0.25) is 0 Å². The Morgan fingerprint density at radius 2 is 0.317 bits per heavy atom. The third kappa shape index (κ3) is 10.5. The Bertz CT molecular complexity index is 8100. The maximum Gasteiger partial charge on any atom is 0.101 e. The van der Waals surface area contributed by atoms with Crippen molar-refractivity contribution in [1.29, 1.82) is 42.1 Å². The number of nitriles is 8. The highest BCUT2D eigenvalue weighted by Crippen LogP contribution is 2.50. The number of hydrogen-bond donors (Lipinski definition) is 0. The number of nitrogens with zero attached hydrogens (tertiary/aromatic N) is 12. The third-order valence-electron chi connectivity index (χ3n) is 23.7. The predicted octanol–water partition coefficient (Wildman–Crippen LogP) is 26.4. The van der Waals surface area contributed by atoms with E-state index in [9.17, 15) is 42.1 Å². The van der Waals surface area contributed by atoms with E-state index >= 15 is 0 Å². The van der Waals surface area contributed by atoms with E-state index in [1.54, 1.807) is 24.7 Å². The summed E-state index contributed by atoms with van der Waals surface area (Å²) in [6.45, 7) is 0. The van der Waals surface area contributed by atoms with E-state index in [0.29, 0.717) is 44.5 Å². The molecule has 12 nitrogen and oxygen atoms in total. The minimum atomic E-state index is 0.349. The average molecular weight is 1520 g/mol. The molecule has 0 atom stereocenters. The maximum absolute atomic E-state index is 9.68. The Balaban J connectivity index is 0.0000000990. The molecule has 0 unspecified atom stereocenters. The Labute approximate surface area is 682 Å². The molecule has 0 saturated carbocycles. The molecule has 0 aliphatic carbocycles. The van der Waals surface area contributed by atoms with Crippen molar-refractivity contribution in [3.8, 4) is 48.6 Å². The van der Waals surface area contributed by atoms with Crippen LogP contribution in [0.25, 0.3) is 216 Å². The van der Waals surface area contributed by atoms with Crippen LogP contribution in [0, 0.1) is 90.6 Å². The zero-order chi connectivity index (χ0) is 81.0. The van der Waals surface area contributed by atoms with Gasteiger partial charge in [0.05, 0.1) is 66.6 Å². The highest BCUT2D eigenvalue weighted by atomic mass is 14.8. The van der Waals surface area contributed by atoms with Crippen LogP contribution in [-0.2, 0) is 0 Å². The molecule has 0 N–H and O–H groups in total. The van der Waals surface area contributed by atoms with E-state index < -0.39 is 0 Å². The number of rotatable bonds is 0. The van der Waals surface area contributed by atoms with Crippen molar-refractivity contribution in [3.05, 3.63) is 360 Å². The van der Waals surface area contributed by atoms with E-state index in [1.165, 1.54) is 43.1 Å². The zero-order valence-electron chi connectivity index (χ0n) is 63.4. The molecule has 0 aliphatic heterocycles. The summed E-state index contributed by atoms with van der Waals surface area (Å²) in [5.74, 6) is 0. The molecule has 544 valence electrons. The van der Waals surface area contributed by atoms with E-state index in [2.05, 4.69) is 241 Å². The fourth-order valence-electron chi connectivity index (χ4n) is 18.8. The van der Waals surface area contributed by atoms with Crippen LogP contribution in [0.3, 0.4) is 0 Å². The van der Waals surface area contributed by atoms with Gasteiger partial charge in [0.1, 0.15) is 48.6 Å². The molecule has 120 heavy (non-hydrogen) atoms. The molecule has 24 rings (SSSR count). The van der Waals surface area contributed by atoms with Gasteiger partial charge in [0, 0.05) is 73.3 Å². The highest BCUT2D eigenvalue weighted by Gasteiger charge is 2.24. The fraction of sp³-hybridized carbons (Fsp3) is 0. The summed E-state index contributed by atoms with van der Waals surface area (Å²) in [5.41, 5.74) is 6.40. The minimum Gasteiger partial charge on any atom is -0.256 e. The van der Waals surface area contributed by atoms with Crippen molar-refractivity contribution >= 4 is 216 Å². The monoisotopic (exact) mass is 1520 g/mol. The van der Waals surface area contributed by atoms with E-state index in [-0.39, 0.29) is 0 Å². The second-order valence-electron chi connectivity index (χ2n) is 29.6. The van der Waals surface area contributed by atoms with Crippen molar-refractivity contribution in [2.24, 2.45) is 0 Å². The Kier molecular flexibility index (Phi) is 16.4. The first-order valence-electron chi connectivity index (χ1n) is 38.8. The molecule has 0 bridgehead atoms. The summed E-state index contributed by atoms with van der Waals surface area (Å²) < 4.78 is 0. The molecule has 0 radical (unpaired) electrons. The Hall–Kier alpha value is -17.9. The van der Waals surface area contributed by atoms with Crippen molar-refractivity contribution in [1.82, 2.24) is 19.9 Å². The molecule has 0 aliphatic rings. The van der Waals surface area contributed by atoms with Gasteiger partial charge in [-0.1, -0.05) is 231 Å². The van der Waals surface area contributed by atoms with Gasteiger partial charge in [-0.05, 0) is 206 Å². The van der Waals surface area contributed by atoms with Crippen LogP contribution < -0.4 is 0 Å². The van der Waals surface area contributed by atoms with Crippen molar-refractivity contribution in [2.45, 2.75) is 0 Å². The molecule has 0 saturated heterocycles. The molecule has 12 heteroatoms. The van der Waals surface area contributed by atoms with Gasteiger partial charge in [0.15, 0.2) is 0 Å². The molecule has 0 amide bonds. The smallest absolute Gasteiger partial charge is 0.101 e. The van der Waals surface area contributed by atoms with Gasteiger partial charge in [-0.25, -0.2) is 0 Å². The number of fused-ring (bicyclic) bond motifs is 44. The van der Waals surface area contributed by atoms with Crippen LogP contribution in [0.4, 0.5) is 0 Å². The summed E-state index contributed by atoms with van der Waals surface area (Å²) in [6.07, 6.45) is 6.96. The van der Waals surface area contributed by atoms with Crippen molar-refractivity contribution in [2.75, 3.05) is 0 Å². The molecular weight excluding hydrogens is 1470 g/mol.